The zero-order chi connectivity index (χ0) is 30.0. The van der Waals surface area contributed by atoms with Gasteiger partial charge in [-0.2, -0.15) is 0 Å². The van der Waals surface area contributed by atoms with Crippen LogP contribution in [0.2, 0.25) is 0 Å². The van der Waals surface area contributed by atoms with Crippen LogP contribution in [0.1, 0.15) is 48.5 Å². The van der Waals surface area contributed by atoms with E-state index in [1.165, 1.54) is 0 Å². The van der Waals surface area contributed by atoms with Gasteiger partial charge in [0.2, 0.25) is 15.9 Å². The molecule has 2 aromatic carbocycles. The minimum Gasteiger partial charge on any atom is -0.382 e. The maximum atomic E-state index is 13.3. The lowest BCUT2D eigenvalue weighted by Crippen LogP contribution is -2.47. The number of rotatable bonds is 13. The number of hydrogen-bond donors (Lipinski definition) is 4. The second-order valence-electron chi connectivity index (χ2n) is 10.9. The number of primary sulfonamides is 1. The second kappa shape index (κ2) is 12.1. The highest BCUT2D eigenvalue weighted by atomic mass is 32.2. The molecule has 1 unspecified atom stereocenters. The first-order valence-corrected chi connectivity index (χ1v) is 16.7. The van der Waals surface area contributed by atoms with Crippen molar-refractivity contribution in [3.05, 3.63) is 53.0 Å². The highest BCUT2D eigenvalue weighted by molar-refractivity contribution is 7.89. The van der Waals surface area contributed by atoms with Gasteiger partial charge in [-0.3, -0.25) is 9.59 Å². The molecule has 1 aliphatic rings. The van der Waals surface area contributed by atoms with Gasteiger partial charge in [0.1, 0.15) is 5.01 Å². The number of thiazole rings is 1. The van der Waals surface area contributed by atoms with Crippen LogP contribution < -0.4 is 15.8 Å². The number of amides is 2. The summed E-state index contributed by atoms with van der Waals surface area (Å²) in [4.78, 5) is 30.6. The molecule has 41 heavy (non-hydrogen) atoms. The Morgan fingerprint density at radius 3 is 2.37 bits per heavy atom. The van der Waals surface area contributed by atoms with Gasteiger partial charge in [0, 0.05) is 19.2 Å². The first-order valence-electron chi connectivity index (χ1n) is 13.0. The molecule has 0 spiro atoms. The lowest BCUT2D eigenvalue weighted by Gasteiger charge is -2.25. The highest BCUT2D eigenvalue weighted by Crippen LogP contribution is 2.45. The smallest absolute Gasteiger partial charge is 0.251 e. The monoisotopic (exact) mass is 622 g/mol. The van der Waals surface area contributed by atoms with Crippen molar-refractivity contribution in [2.24, 2.45) is 11.1 Å². The SMILES string of the molecule is COCC(C)(C)NC(=O)c1ccc(-c2ccc3nc(C(CC4CC4)(C(=O)NCCS(N)(=O)=O)[SH](=O)=O)sc3c2)cc1. The van der Waals surface area contributed by atoms with Gasteiger partial charge in [-0.1, -0.05) is 31.0 Å². The average molecular weight is 623 g/mol. The summed E-state index contributed by atoms with van der Waals surface area (Å²) in [6, 6.07) is 12.6. The number of carbonyl (C=O) groups is 2. The Bertz CT molecular complexity index is 1620. The van der Waals surface area contributed by atoms with Crippen LogP contribution in [0.25, 0.3) is 21.3 Å². The number of carbonyl (C=O) groups excluding carboxylic acids is 2. The second-order valence-corrected chi connectivity index (χ2v) is 15.0. The molecule has 1 aromatic heterocycles. The van der Waals surface area contributed by atoms with Gasteiger partial charge < -0.3 is 15.4 Å². The summed E-state index contributed by atoms with van der Waals surface area (Å²) in [6.07, 6.45) is 1.69. The molecular weight excluding hydrogens is 589 g/mol. The number of ether oxygens (including phenoxy) is 1. The molecule has 222 valence electrons. The molecular formula is C27H34N4O7S3. The van der Waals surface area contributed by atoms with E-state index in [1.54, 1.807) is 25.3 Å². The van der Waals surface area contributed by atoms with Crippen molar-refractivity contribution in [3.8, 4) is 11.1 Å². The van der Waals surface area contributed by atoms with Crippen molar-refractivity contribution in [1.29, 1.82) is 0 Å². The standard InChI is InChI=1S/C27H34N4O7S3/c1-26(2,16-38-3)31-23(32)19-8-6-18(7-9-19)20-10-11-21-22(14-20)39-25(30-21)27(40(34)35,15-17-4-5-17)24(33)29-12-13-41(28,36)37/h6-11,14,17,40H,4-5,12-13,15-16H2,1-3H3,(H,29,33)(H,31,32)(H2,28,36,37). The Balaban J connectivity index is 1.62. The average Bonchev–Trinajstić information content (AvgIpc) is 3.60. The third-order valence-electron chi connectivity index (χ3n) is 6.82. The molecule has 11 nitrogen and oxygen atoms in total. The van der Waals surface area contributed by atoms with E-state index < -0.39 is 42.7 Å². The summed E-state index contributed by atoms with van der Waals surface area (Å²) in [5.41, 5.74) is 2.18. The molecule has 14 heteroatoms. The van der Waals surface area contributed by atoms with E-state index in [4.69, 9.17) is 9.88 Å². The molecule has 4 rings (SSSR count). The lowest BCUT2D eigenvalue weighted by molar-refractivity contribution is -0.124. The van der Waals surface area contributed by atoms with Gasteiger partial charge in [0.25, 0.3) is 5.91 Å². The maximum Gasteiger partial charge on any atom is 0.251 e. The van der Waals surface area contributed by atoms with Gasteiger partial charge in [0.05, 0.1) is 28.1 Å². The summed E-state index contributed by atoms with van der Waals surface area (Å²) in [5, 5.41) is 10.6. The van der Waals surface area contributed by atoms with Crippen LogP contribution in [0.15, 0.2) is 42.5 Å². The van der Waals surface area contributed by atoms with Gasteiger partial charge in [0.15, 0.2) is 15.5 Å². The summed E-state index contributed by atoms with van der Waals surface area (Å²) in [7, 11) is -5.56. The fraction of sp³-hybridized carbons (Fsp3) is 0.444. The van der Waals surface area contributed by atoms with Crippen LogP contribution in [-0.4, -0.2) is 65.2 Å². The van der Waals surface area contributed by atoms with Crippen LogP contribution in [0.5, 0.6) is 0 Å². The van der Waals surface area contributed by atoms with Crippen LogP contribution in [0.4, 0.5) is 0 Å². The van der Waals surface area contributed by atoms with Crippen molar-refractivity contribution >= 4 is 54.1 Å². The molecule has 0 bridgehead atoms. The van der Waals surface area contributed by atoms with Crippen LogP contribution in [0, 0.1) is 5.92 Å². The van der Waals surface area contributed by atoms with E-state index >= 15 is 0 Å². The Morgan fingerprint density at radius 2 is 1.78 bits per heavy atom. The van der Waals surface area contributed by atoms with Gasteiger partial charge in [-0.25, -0.2) is 27.0 Å². The molecule has 1 fully saturated rings. The largest absolute Gasteiger partial charge is 0.382 e. The number of fused-ring (bicyclic) bond motifs is 1. The number of nitrogens with one attached hydrogen (secondary N) is 2. The molecule has 0 aliphatic heterocycles. The molecule has 3 aromatic rings. The molecule has 1 saturated carbocycles. The van der Waals surface area contributed by atoms with E-state index in [-0.39, 0.29) is 29.8 Å². The predicted octanol–water partition coefficient (Wildman–Crippen LogP) is 2.13. The summed E-state index contributed by atoms with van der Waals surface area (Å²) >= 11 is 1.12. The lowest BCUT2D eigenvalue weighted by atomic mass is 10.0. The number of methoxy groups -OCH3 is 1. The van der Waals surface area contributed by atoms with Crippen LogP contribution in [-0.2, 0) is 35.0 Å². The third-order valence-corrected chi connectivity index (χ3v) is 10.1. The number of sulfonamides is 1. The minimum atomic E-state index is -3.84. The van der Waals surface area contributed by atoms with Crippen molar-refractivity contribution < 1.29 is 31.2 Å². The summed E-state index contributed by atoms with van der Waals surface area (Å²) < 4.78 is 52.0. The topological polar surface area (TPSA) is 175 Å². The Hall–Kier alpha value is -2.91. The van der Waals surface area contributed by atoms with E-state index in [1.807, 2.05) is 38.1 Å². The van der Waals surface area contributed by atoms with Gasteiger partial charge >= 0.3 is 0 Å². The summed E-state index contributed by atoms with van der Waals surface area (Å²) in [6.45, 7) is 3.81. The highest BCUT2D eigenvalue weighted by Gasteiger charge is 2.50. The first-order chi connectivity index (χ1) is 19.2. The van der Waals surface area contributed by atoms with Crippen molar-refractivity contribution in [2.45, 2.75) is 43.4 Å². The zero-order valence-corrected chi connectivity index (χ0v) is 25.5. The fourth-order valence-electron chi connectivity index (χ4n) is 4.58. The number of thiol groups is 1. The summed E-state index contributed by atoms with van der Waals surface area (Å²) in [5.74, 6) is -1.47. The number of hydrogen-bond acceptors (Lipinski definition) is 9. The molecule has 0 saturated heterocycles. The third kappa shape index (κ3) is 7.49. The van der Waals surface area contributed by atoms with Crippen LogP contribution >= 0.6 is 11.3 Å². The van der Waals surface area contributed by atoms with Gasteiger partial charge in [-0.15, -0.1) is 11.3 Å². The Kier molecular flexibility index (Phi) is 9.19. The van der Waals surface area contributed by atoms with E-state index in [2.05, 4.69) is 15.6 Å². The fourth-order valence-corrected chi connectivity index (χ4v) is 7.28. The molecule has 2 amide bonds. The van der Waals surface area contributed by atoms with Gasteiger partial charge in [-0.05, 0) is 61.6 Å². The van der Waals surface area contributed by atoms with E-state index in [0.29, 0.717) is 22.4 Å². The number of nitrogens with zero attached hydrogens (tertiary/aromatic N) is 1. The number of aromatic nitrogens is 1. The quantitative estimate of drug-likeness (QED) is 0.210. The zero-order valence-electron chi connectivity index (χ0n) is 23.0. The van der Waals surface area contributed by atoms with Crippen LogP contribution in [0.3, 0.4) is 0 Å². The minimum absolute atomic E-state index is 0.0604. The molecule has 1 atom stereocenters. The first kappa shape index (κ1) is 31.0. The van der Waals surface area contributed by atoms with Crippen molar-refractivity contribution in [1.82, 2.24) is 15.6 Å². The normalized spacial score (nSPS) is 15.5. The predicted molar refractivity (Wildman–Crippen MR) is 159 cm³/mol. The molecule has 0 radical (unpaired) electrons. The van der Waals surface area contributed by atoms with Crippen molar-refractivity contribution in [3.63, 3.8) is 0 Å². The maximum absolute atomic E-state index is 13.3. The molecule has 1 heterocycles. The Labute approximate surface area is 244 Å². The number of nitrogens with two attached hydrogens (primary N) is 1. The molecule has 4 N–H and O–H groups in total. The van der Waals surface area contributed by atoms with Crippen molar-refractivity contribution in [2.75, 3.05) is 26.0 Å². The van der Waals surface area contributed by atoms with E-state index in [9.17, 15) is 26.4 Å². The molecule has 1 aliphatic carbocycles. The van der Waals surface area contributed by atoms with E-state index in [0.717, 1.165) is 35.3 Å². The number of benzene rings is 2. The Morgan fingerprint density at radius 1 is 1.12 bits per heavy atom.